The van der Waals surface area contributed by atoms with Gasteiger partial charge in [0.2, 0.25) is 12.0 Å². The number of phenolic OH excluding ortho intramolecular Hbond substituents is 2. The summed E-state index contributed by atoms with van der Waals surface area (Å²) in [5.74, 6) is -3.74. The van der Waals surface area contributed by atoms with E-state index in [0.29, 0.717) is 17.4 Å². The molecule has 0 radical (unpaired) electrons. The second-order valence-corrected chi connectivity index (χ2v) is 9.05. The topological polar surface area (TPSA) is 240 Å². The van der Waals surface area contributed by atoms with Crippen molar-refractivity contribution < 1.29 is 66.1 Å². The van der Waals surface area contributed by atoms with Crippen molar-refractivity contribution in [2.75, 3.05) is 7.11 Å². The van der Waals surface area contributed by atoms with Crippen LogP contribution < -0.4 is 14.9 Å². The predicted octanol–water partition coefficient (Wildman–Crippen LogP) is -0.0221. The van der Waals surface area contributed by atoms with Gasteiger partial charge in [-0.25, -0.2) is 8.98 Å². The zero-order valence-electron chi connectivity index (χ0n) is 19.1. The van der Waals surface area contributed by atoms with E-state index in [9.17, 15) is 43.5 Å². The highest BCUT2D eigenvalue weighted by Gasteiger charge is 2.51. The molecule has 0 unspecified atom stereocenters. The number of carboxylic acids is 1. The second kappa shape index (κ2) is 10.1. The Morgan fingerprint density at radius 3 is 2.26 bits per heavy atom. The molecule has 4 rings (SSSR count). The van der Waals surface area contributed by atoms with Crippen molar-refractivity contribution in [1.82, 2.24) is 0 Å². The van der Waals surface area contributed by atoms with Crippen molar-refractivity contribution in [1.29, 1.82) is 0 Å². The minimum absolute atomic E-state index is 0.0748. The third-order valence-corrected chi connectivity index (χ3v) is 6.01. The van der Waals surface area contributed by atoms with E-state index < -0.39 is 80.7 Å². The van der Waals surface area contributed by atoms with Crippen LogP contribution in [0.2, 0.25) is 0 Å². The SMILES string of the molecule is COc1ccc(-c2cc(=O)c3c(O)cc(O)c(O[C@@H]4O[C@@H](C(=O)O)[C@@H](O)[C@@H](O)[C@@H]4OS(=O)(=O)O)c3o2)cc1. The molecular formula is C22H20O15S. The third kappa shape index (κ3) is 5.21. The molecule has 0 amide bonds. The predicted molar refractivity (Wildman–Crippen MR) is 123 cm³/mol. The summed E-state index contributed by atoms with van der Waals surface area (Å²) in [6, 6.07) is 7.89. The molecule has 0 bridgehead atoms. The van der Waals surface area contributed by atoms with E-state index in [-0.39, 0.29) is 5.76 Å². The molecule has 6 N–H and O–H groups in total. The standard InChI is InChI=1S/C22H20O15S/c1-33-9-4-2-8(3-5-9)13-7-11(24)14-10(23)6-12(25)17(18(14)34-13)35-22-20(37-38(30,31)32)16(27)15(26)19(36-22)21(28)29/h2-7,15-16,19-20,22-23,25-27H,1H3,(H,28,29)(H,30,31,32)/t15-,16+,19+,20-,22+/m0/s1. The van der Waals surface area contributed by atoms with Gasteiger partial charge in [-0.1, -0.05) is 0 Å². The first-order valence-electron chi connectivity index (χ1n) is 10.5. The molecule has 2 heterocycles. The molecule has 16 heteroatoms. The quantitative estimate of drug-likeness (QED) is 0.210. The second-order valence-electron chi connectivity index (χ2n) is 8.00. The van der Waals surface area contributed by atoms with Crippen molar-refractivity contribution >= 4 is 27.3 Å². The van der Waals surface area contributed by atoms with Crippen molar-refractivity contribution in [3.63, 3.8) is 0 Å². The Balaban J connectivity index is 1.86. The van der Waals surface area contributed by atoms with Crippen LogP contribution in [-0.4, -0.2) is 82.3 Å². The van der Waals surface area contributed by atoms with Crippen LogP contribution in [0.5, 0.6) is 23.0 Å². The lowest BCUT2D eigenvalue weighted by Crippen LogP contribution is -2.62. The van der Waals surface area contributed by atoms with Crippen LogP contribution in [-0.2, 0) is 24.1 Å². The maximum Gasteiger partial charge on any atom is 0.397 e. The summed E-state index contributed by atoms with van der Waals surface area (Å²) >= 11 is 0. The van der Waals surface area contributed by atoms with Gasteiger partial charge >= 0.3 is 16.4 Å². The lowest BCUT2D eigenvalue weighted by atomic mass is 9.99. The average molecular weight is 556 g/mol. The lowest BCUT2D eigenvalue weighted by Gasteiger charge is -2.39. The van der Waals surface area contributed by atoms with Gasteiger partial charge in [0.25, 0.3) is 0 Å². The molecule has 1 fully saturated rings. The fourth-order valence-electron chi connectivity index (χ4n) is 3.79. The molecule has 1 aromatic heterocycles. The van der Waals surface area contributed by atoms with E-state index in [1.165, 1.54) is 19.2 Å². The van der Waals surface area contributed by atoms with E-state index in [2.05, 4.69) is 4.18 Å². The molecule has 0 saturated carbocycles. The van der Waals surface area contributed by atoms with Gasteiger partial charge in [0.15, 0.2) is 29.0 Å². The molecule has 204 valence electrons. The highest BCUT2D eigenvalue weighted by molar-refractivity contribution is 7.80. The number of aromatic hydroxyl groups is 2. The number of carboxylic acid groups (broad SMARTS) is 1. The number of ether oxygens (including phenoxy) is 3. The van der Waals surface area contributed by atoms with Crippen molar-refractivity contribution in [2.45, 2.75) is 30.7 Å². The number of aliphatic hydroxyl groups is 2. The highest BCUT2D eigenvalue weighted by atomic mass is 32.3. The Morgan fingerprint density at radius 1 is 1.03 bits per heavy atom. The first-order valence-corrected chi connectivity index (χ1v) is 11.9. The van der Waals surface area contributed by atoms with Gasteiger partial charge in [-0.2, -0.15) is 8.42 Å². The first kappa shape index (κ1) is 27.1. The molecule has 5 atom stereocenters. The fourth-order valence-corrected chi connectivity index (χ4v) is 4.27. The molecule has 3 aromatic rings. The number of fused-ring (bicyclic) bond motifs is 1. The van der Waals surface area contributed by atoms with Gasteiger partial charge in [-0.15, -0.1) is 0 Å². The summed E-state index contributed by atoms with van der Waals surface area (Å²) in [6.07, 6.45) is -11.2. The van der Waals surface area contributed by atoms with Crippen LogP contribution >= 0.6 is 0 Å². The van der Waals surface area contributed by atoms with E-state index >= 15 is 0 Å². The number of hydrogen-bond acceptors (Lipinski definition) is 13. The first-order chi connectivity index (χ1) is 17.8. The third-order valence-electron chi connectivity index (χ3n) is 5.55. The zero-order valence-corrected chi connectivity index (χ0v) is 19.9. The largest absolute Gasteiger partial charge is 0.507 e. The number of hydrogen-bond donors (Lipinski definition) is 6. The molecule has 38 heavy (non-hydrogen) atoms. The van der Waals surface area contributed by atoms with Crippen LogP contribution in [0.1, 0.15) is 0 Å². The molecule has 2 aromatic carbocycles. The Labute approximate surface area is 212 Å². The number of rotatable bonds is 7. The Kier molecular flexibility index (Phi) is 7.20. The number of aliphatic hydroxyl groups excluding tert-OH is 2. The van der Waals surface area contributed by atoms with Crippen LogP contribution in [0.3, 0.4) is 0 Å². The van der Waals surface area contributed by atoms with Crippen LogP contribution in [0.4, 0.5) is 0 Å². The molecule has 1 aliphatic rings. The van der Waals surface area contributed by atoms with Crippen molar-refractivity contribution in [3.05, 3.63) is 46.6 Å². The Morgan fingerprint density at radius 2 is 1.68 bits per heavy atom. The lowest BCUT2D eigenvalue weighted by molar-refractivity contribution is -0.265. The fraction of sp³-hybridized carbons (Fsp3) is 0.273. The minimum Gasteiger partial charge on any atom is -0.507 e. The highest BCUT2D eigenvalue weighted by Crippen LogP contribution is 2.42. The molecular weight excluding hydrogens is 536 g/mol. The van der Waals surface area contributed by atoms with Crippen LogP contribution in [0.15, 0.2) is 45.6 Å². The van der Waals surface area contributed by atoms with Gasteiger partial charge in [-0.3, -0.25) is 9.35 Å². The van der Waals surface area contributed by atoms with Crippen LogP contribution in [0.25, 0.3) is 22.3 Å². The summed E-state index contributed by atoms with van der Waals surface area (Å²) in [5.41, 5.74) is -1.03. The molecule has 0 spiro atoms. The van der Waals surface area contributed by atoms with Gasteiger partial charge in [0.05, 0.1) is 7.11 Å². The number of benzene rings is 2. The molecule has 0 aliphatic carbocycles. The minimum atomic E-state index is -5.32. The molecule has 15 nitrogen and oxygen atoms in total. The number of methoxy groups -OCH3 is 1. The number of phenols is 2. The maximum absolute atomic E-state index is 12.9. The van der Waals surface area contributed by atoms with E-state index in [0.717, 1.165) is 6.07 Å². The summed E-state index contributed by atoms with van der Waals surface area (Å²) in [6.45, 7) is 0. The summed E-state index contributed by atoms with van der Waals surface area (Å²) in [4.78, 5) is 24.4. The summed E-state index contributed by atoms with van der Waals surface area (Å²) in [5, 5.41) is 50.0. The number of carbonyl (C=O) groups is 1. The van der Waals surface area contributed by atoms with Gasteiger partial charge in [-0.05, 0) is 24.3 Å². The summed E-state index contributed by atoms with van der Waals surface area (Å²) < 4.78 is 57.4. The van der Waals surface area contributed by atoms with Crippen molar-refractivity contribution in [3.8, 4) is 34.3 Å². The molecule has 1 saturated heterocycles. The zero-order chi connectivity index (χ0) is 27.9. The number of aliphatic carboxylic acids is 1. The van der Waals surface area contributed by atoms with Crippen molar-refractivity contribution in [2.24, 2.45) is 0 Å². The van der Waals surface area contributed by atoms with Gasteiger partial charge in [0.1, 0.15) is 34.9 Å². The monoisotopic (exact) mass is 556 g/mol. The maximum atomic E-state index is 12.9. The van der Waals surface area contributed by atoms with Gasteiger partial charge < -0.3 is 44.2 Å². The normalized spacial score (nSPS) is 23.7. The Hall–Kier alpha value is -3.93. The van der Waals surface area contributed by atoms with E-state index in [1.54, 1.807) is 12.1 Å². The molecule has 1 aliphatic heterocycles. The van der Waals surface area contributed by atoms with E-state index in [1.807, 2.05) is 0 Å². The van der Waals surface area contributed by atoms with E-state index in [4.69, 9.17) is 23.2 Å². The summed E-state index contributed by atoms with van der Waals surface area (Å²) in [7, 11) is -3.88. The average Bonchev–Trinajstić information content (AvgIpc) is 2.84. The smallest absolute Gasteiger partial charge is 0.397 e. The van der Waals surface area contributed by atoms with Crippen LogP contribution in [0, 0.1) is 0 Å². The Bertz CT molecular complexity index is 1530. The van der Waals surface area contributed by atoms with Gasteiger partial charge in [0, 0.05) is 17.7 Å².